The van der Waals surface area contributed by atoms with Crippen LogP contribution in [0.4, 0.5) is 0 Å². The fourth-order valence-corrected chi connectivity index (χ4v) is 3.06. The minimum absolute atomic E-state index is 0.0579. The number of benzene rings is 1. The van der Waals surface area contributed by atoms with Crippen LogP contribution in [-0.2, 0) is 5.41 Å². The molecular formula is C15H17NO3. The average molecular weight is 259 g/mol. The molecule has 1 aliphatic rings. The topological polar surface area (TPSA) is 63.3 Å². The molecule has 2 aromatic rings. The van der Waals surface area contributed by atoms with Crippen molar-refractivity contribution in [3.63, 3.8) is 0 Å². The van der Waals surface area contributed by atoms with Gasteiger partial charge in [-0.05, 0) is 37.5 Å². The minimum Gasteiger partial charge on any atom is -0.478 e. The molecule has 3 rings (SSSR count). The number of rotatable bonds is 3. The standard InChI is InChI=1S/C15H17NO3/c1-2-15(7-3-4-8-15)14-16-11-9-10(13(17)18)5-6-12(11)19-14/h5-6,9H,2-4,7-8H2,1H3,(H,17,18). The number of nitrogens with zero attached hydrogens (tertiary/aromatic N) is 1. The van der Waals surface area contributed by atoms with Gasteiger partial charge in [-0.25, -0.2) is 9.78 Å². The van der Waals surface area contributed by atoms with E-state index in [1.54, 1.807) is 18.2 Å². The van der Waals surface area contributed by atoms with Crippen LogP contribution in [0.5, 0.6) is 0 Å². The molecule has 1 aromatic heterocycles. The van der Waals surface area contributed by atoms with Crippen molar-refractivity contribution in [2.75, 3.05) is 0 Å². The summed E-state index contributed by atoms with van der Waals surface area (Å²) in [7, 11) is 0. The lowest BCUT2D eigenvalue weighted by Gasteiger charge is -2.22. The van der Waals surface area contributed by atoms with Gasteiger partial charge in [0.2, 0.25) is 5.89 Å². The van der Waals surface area contributed by atoms with E-state index in [0.29, 0.717) is 11.1 Å². The molecule has 0 saturated heterocycles. The zero-order valence-electron chi connectivity index (χ0n) is 11.0. The Morgan fingerprint density at radius 1 is 1.42 bits per heavy atom. The van der Waals surface area contributed by atoms with Gasteiger partial charge >= 0.3 is 5.97 Å². The van der Waals surface area contributed by atoms with Crippen molar-refractivity contribution in [3.05, 3.63) is 29.7 Å². The molecular weight excluding hydrogens is 242 g/mol. The van der Waals surface area contributed by atoms with Gasteiger partial charge in [0.25, 0.3) is 0 Å². The first kappa shape index (κ1) is 12.2. The van der Waals surface area contributed by atoms with Gasteiger partial charge in [-0.15, -0.1) is 0 Å². The Labute approximate surface area is 111 Å². The summed E-state index contributed by atoms with van der Waals surface area (Å²) >= 11 is 0. The van der Waals surface area contributed by atoms with Crippen molar-refractivity contribution in [1.29, 1.82) is 0 Å². The number of hydrogen-bond donors (Lipinski definition) is 1. The molecule has 100 valence electrons. The van der Waals surface area contributed by atoms with Gasteiger partial charge in [0, 0.05) is 5.41 Å². The molecule has 0 atom stereocenters. The van der Waals surface area contributed by atoms with Gasteiger partial charge in [0.05, 0.1) is 5.56 Å². The zero-order valence-corrected chi connectivity index (χ0v) is 11.0. The summed E-state index contributed by atoms with van der Waals surface area (Å²) in [5.74, 6) is -0.150. The third-order valence-corrected chi connectivity index (χ3v) is 4.33. The molecule has 0 bridgehead atoms. The highest BCUT2D eigenvalue weighted by molar-refractivity contribution is 5.91. The Bertz CT molecular complexity index is 623. The number of fused-ring (bicyclic) bond motifs is 1. The van der Waals surface area contributed by atoms with E-state index >= 15 is 0 Å². The van der Waals surface area contributed by atoms with Gasteiger partial charge in [-0.2, -0.15) is 0 Å². The molecule has 1 aromatic carbocycles. The molecule has 1 N–H and O–H groups in total. The van der Waals surface area contributed by atoms with Crippen LogP contribution in [0, 0.1) is 0 Å². The quantitative estimate of drug-likeness (QED) is 0.911. The van der Waals surface area contributed by atoms with Crippen LogP contribution < -0.4 is 0 Å². The van der Waals surface area contributed by atoms with E-state index in [4.69, 9.17) is 9.52 Å². The first-order chi connectivity index (χ1) is 9.14. The van der Waals surface area contributed by atoms with Crippen molar-refractivity contribution in [2.45, 2.75) is 44.4 Å². The Balaban J connectivity index is 2.08. The van der Waals surface area contributed by atoms with Crippen molar-refractivity contribution in [1.82, 2.24) is 4.98 Å². The van der Waals surface area contributed by atoms with Crippen LogP contribution in [-0.4, -0.2) is 16.1 Å². The van der Waals surface area contributed by atoms with Crippen molar-refractivity contribution < 1.29 is 14.3 Å². The predicted octanol–water partition coefficient (Wildman–Crippen LogP) is 3.75. The van der Waals surface area contributed by atoms with E-state index in [2.05, 4.69) is 11.9 Å². The maximum atomic E-state index is 11.0. The maximum absolute atomic E-state index is 11.0. The molecule has 0 aliphatic heterocycles. The molecule has 1 saturated carbocycles. The first-order valence-electron chi connectivity index (χ1n) is 6.79. The van der Waals surface area contributed by atoms with Gasteiger partial charge in [0.15, 0.2) is 5.58 Å². The molecule has 4 heteroatoms. The number of aromatic nitrogens is 1. The van der Waals surface area contributed by atoms with E-state index in [-0.39, 0.29) is 11.0 Å². The normalized spacial score (nSPS) is 17.9. The second-order valence-corrected chi connectivity index (χ2v) is 5.35. The third kappa shape index (κ3) is 1.91. The number of hydrogen-bond acceptors (Lipinski definition) is 3. The molecule has 0 radical (unpaired) electrons. The summed E-state index contributed by atoms with van der Waals surface area (Å²) in [6.45, 7) is 2.17. The van der Waals surface area contributed by atoms with Crippen LogP contribution in [0.2, 0.25) is 0 Å². The Hall–Kier alpha value is -1.84. The third-order valence-electron chi connectivity index (χ3n) is 4.33. The number of carbonyl (C=O) groups is 1. The van der Waals surface area contributed by atoms with Crippen LogP contribution in [0.1, 0.15) is 55.3 Å². The average Bonchev–Trinajstić information content (AvgIpc) is 3.04. The second kappa shape index (κ2) is 4.37. The molecule has 4 nitrogen and oxygen atoms in total. The van der Waals surface area contributed by atoms with Gasteiger partial charge in [-0.3, -0.25) is 0 Å². The minimum atomic E-state index is -0.933. The number of aromatic carboxylic acids is 1. The maximum Gasteiger partial charge on any atom is 0.335 e. The van der Waals surface area contributed by atoms with E-state index in [1.165, 1.54) is 12.8 Å². The van der Waals surface area contributed by atoms with Crippen LogP contribution in [0.25, 0.3) is 11.1 Å². The lowest BCUT2D eigenvalue weighted by atomic mass is 9.83. The van der Waals surface area contributed by atoms with E-state index in [9.17, 15) is 4.79 Å². The van der Waals surface area contributed by atoms with Crippen molar-refractivity contribution in [2.24, 2.45) is 0 Å². The molecule has 1 aliphatic carbocycles. The lowest BCUT2D eigenvalue weighted by molar-refractivity contribution is 0.0697. The summed E-state index contributed by atoms with van der Waals surface area (Å²) in [5.41, 5.74) is 1.64. The molecule has 0 amide bonds. The molecule has 1 heterocycles. The SMILES string of the molecule is CCC1(c2nc3cc(C(=O)O)ccc3o2)CCCC1. The van der Waals surface area contributed by atoms with E-state index < -0.39 is 5.97 Å². The highest BCUT2D eigenvalue weighted by Gasteiger charge is 2.38. The number of carboxylic acids is 1. The fraction of sp³-hybridized carbons (Fsp3) is 0.467. The van der Waals surface area contributed by atoms with Crippen LogP contribution >= 0.6 is 0 Å². The number of carboxylic acid groups (broad SMARTS) is 1. The van der Waals surface area contributed by atoms with Crippen molar-refractivity contribution >= 4 is 17.1 Å². The largest absolute Gasteiger partial charge is 0.478 e. The Kier molecular flexibility index (Phi) is 2.81. The highest BCUT2D eigenvalue weighted by Crippen LogP contribution is 2.44. The summed E-state index contributed by atoms with van der Waals surface area (Å²) in [4.78, 5) is 15.5. The smallest absolute Gasteiger partial charge is 0.335 e. The highest BCUT2D eigenvalue weighted by atomic mass is 16.4. The monoisotopic (exact) mass is 259 g/mol. The van der Waals surface area contributed by atoms with Gasteiger partial charge in [0.1, 0.15) is 5.52 Å². The molecule has 0 spiro atoms. The molecule has 19 heavy (non-hydrogen) atoms. The van der Waals surface area contributed by atoms with Gasteiger partial charge in [-0.1, -0.05) is 19.8 Å². The van der Waals surface area contributed by atoms with Crippen molar-refractivity contribution in [3.8, 4) is 0 Å². The zero-order chi connectivity index (χ0) is 13.5. The van der Waals surface area contributed by atoms with Gasteiger partial charge < -0.3 is 9.52 Å². The molecule has 0 unspecified atom stereocenters. The Morgan fingerprint density at radius 2 is 2.16 bits per heavy atom. The summed E-state index contributed by atoms with van der Waals surface area (Å²) in [6.07, 6.45) is 5.68. The fourth-order valence-electron chi connectivity index (χ4n) is 3.06. The lowest BCUT2D eigenvalue weighted by Crippen LogP contribution is -2.20. The van der Waals surface area contributed by atoms with E-state index in [0.717, 1.165) is 25.2 Å². The van der Waals surface area contributed by atoms with E-state index in [1.807, 2.05) is 0 Å². The Morgan fingerprint density at radius 3 is 2.79 bits per heavy atom. The second-order valence-electron chi connectivity index (χ2n) is 5.35. The van der Waals surface area contributed by atoms with Crippen LogP contribution in [0.3, 0.4) is 0 Å². The first-order valence-corrected chi connectivity index (χ1v) is 6.79. The molecule has 1 fully saturated rings. The number of oxazole rings is 1. The van der Waals surface area contributed by atoms with Crippen LogP contribution in [0.15, 0.2) is 22.6 Å². The summed E-state index contributed by atoms with van der Waals surface area (Å²) < 4.78 is 5.88. The summed E-state index contributed by atoms with van der Waals surface area (Å²) in [5, 5.41) is 9.00. The predicted molar refractivity (Wildman–Crippen MR) is 71.4 cm³/mol. The summed E-state index contributed by atoms with van der Waals surface area (Å²) in [6, 6.07) is 4.85.